The fraction of sp³-hybridized carbons (Fsp3) is 0. The Morgan fingerprint density at radius 2 is 1.54 bits per heavy atom. The molecule has 0 bridgehead atoms. The van der Waals surface area contributed by atoms with Gasteiger partial charge in [0, 0.05) is 10.6 Å². The lowest BCUT2D eigenvalue weighted by molar-refractivity contribution is 1.48. The molecule has 1 aromatic heterocycles. The molecule has 1 nitrogen and oxygen atoms in total. The molecule has 5 aromatic rings. The highest BCUT2D eigenvalue weighted by Crippen LogP contribution is 2.35. The molecule has 3 heteroatoms. The van der Waals surface area contributed by atoms with Crippen LogP contribution in [0, 0.1) is 0 Å². The number of benzene rings is 4. The monoisotopic (exact) mass is 345 g/mol. The van der Waals surface area contributed by atoms with Gasteiger partial charge in [0.05, 0.1) is 10.2 Å². The van der Waals surface area contributed by atoms with Crippen LogP contribution in [0.4, 0.5) is 0 Å². The van der Waals surface area contributed by atoms with Gasteiger partial charge in [0.1, 0.15) is 5.01 Å². The Balaban J connectivity index is 1.81. The van der Waals surface area contributed by atoms with Crippen LogP contribution >= 0.6 is 22.9 Å². The first kappa shape index (κ1) is 14.0. The molecule has 114 valence electrons. The first-order chi connectivity index (χ1) is 11.8. The molecule has 0 aliphatic heterocycles. The van der Waals surface area contributed by atoms with E-state index in [-0.39, 0.29) is 0 Å². The van der Waals surface area contributed by atoms with Gasteiger partial charge in [-0.05, 0) is 45.8 Å². The van der Waals surface area contributed by atoms with Crippen molar-refractivity contribution in [3.63, 3.8) is 0 Å². The number of hydrogen-bond acceptors (Lipinski definition) is 2. The van der Waals surface area contributed by atoms with Crippen molar-refractivity contribution in [1.82, 2.24) is 4.98 Å². The molecule has 0 unspecified atom stereocenters. The third-order valence-corrected chi connectivity index (χ3v) is 5.63. The predicted molar refractivity (Wildman–Crippen MR) is 105 cm³/mol. The highest BCUT2D eigenvalue weighted by atomic mass is 35.5. The molecular weight excluding hydrogens is 334 g/mol. The van der Waals surface area contributed by atoms with Crippen molar-refractivity contribution in [1.29, 1.82) is 0 Å². The van der Waals surface area contributed by atoms with E-state index < -0.39 is 0 Å². The summed E-state index contributed by atoms with van der Waals surface area (Å²) >= 11 is 7.87. The molecule has 0 aliphatic rings. The van der Waals surface area contributed by atoms with Crippen LogP contribution in [0.1, 0.15) is 0 Å². The number of aromatic nitrogens is 1. The molecule has 0 saturated carbocycles. The van der Waals surface area contributed by atoms with Gasteiger partial charge in [-0.3, -0.25) is 0 Å². The van der Waals surface area contributed by atoms with Crippen molar-refractivity contribution in [2.24, 2.45) is 0 Å². The van der Waals surface area contributed by atoms with E-state index in [9.17, 15) is 0 Å². The molecule has 0 atom stereocenters. The standard InChI is InChI=1S/C21H12ClNS/c22-16-8-9-17-14(10-16)6-7-15-11-20-19(12-18(15)17)23-21(24-20)13-4-2-1-3-5-13/h1-12H. The van der Waals surface area contributed by atoms with Crippen molar-refractivity contribution in [2.75, 3.05) is 0 Å². The van der Waals surface area contributed by atoms with E-state index in [0.29, 0.717) is 0 Å². The molecule has 0 saturated heterocycles. The zero-order chi connectivity index (χ0) is 16.1. The summed E-state index contributed by atoms with van der Waals surface area (Å²) in [5.74, 6) is 0. The van der Waals surface area contributed by atoms with Crippen molar-refractivity contribution in [3.8, 4) is 10.6 Å². The topological polar surface area (TPSA) is 12.9 Å². The summed E-state index contributed by atoms with van der Waals surface area (Å²) in [4.78, 5) is 4.85. The van der Waals surface area contributed by atoms with E-state index in [4.69, 9.17) is 16.6 Å². The maximum absolute atomic E-state index is 6.13. The number of rotatable bonds is 1. The van der Waals surface area contributed by atoms with Gasteiger partial charge in [0.25, 0.3) is 0 Å². The number of nitrogens with zero attached hydrogens (tertiary/aromatic N) is 1. The summed E-state index contributed by atoms with van der Waals surface area (Å²) in [6, 6.07) is 25.1. The maximum Gasteiger partial charge on any atom is 0.124 e. The molecule has 0 fully saturated rings. The lowest BCUT2D eigenvalue weighted by atomic mass is 10.0. The summed E-state index contributed by atoms with van der Waals surface area (Å²) in [5, 5.41) is 6.67. The van der Waals surface area contributed by atoms with Gasteiger partial charge < -0.3 is 0 Å². The quantitative estimate of drug-likeness (QED) is 0.300. The zero-order valence-corrected chi connectivity index (χ0v) is 14.2. The lowest BCUT2D eigenvalue weighted by Gasteiger charge is -2.04. The Morgan fingerprint density at radius 3 is 2.38 bits per heavy atom. The van der Waals surface area contributed by atoms with Gasteiger partial charge in [-0.25, -0.2) is 4.98 Å². The molecule has 4 aromatic carbocycles. The minimum atomic E-state index is 0.767. The summed E-state index contributed by atoms with van der Waals surface area (Å²) in [6.07, 6.45) is 0. The van der Waals surface area contributed by atoms with Crippen LogP contribution in [0.2, 0.25) is 5.02 Å². The second-order valence-electron chi connectivity index (χ2n) is 5.86. The normalized spacial score (nSPS) is 11.5. The number of thiazole rings is 1. The Hall–Kier alpha value is -2.42. The van der Waals surface area contributed by atoms with E-state index in [1.165, 1.54) is 26.4 Å². The van der Waals surface area contributed by atoms with Crippen molar-refractivity contribution in [3.05, 3.63) is 77.8 Å². The molecule has 1 heterocycles. The molecule has 24 heavy (non-hydrogen) atoms. The van der Waals surface area contributed by atoms with Crippen molar-refractivity contribution >= 4 is 54.7 Å². The summed E-state index contributed by atoms with van der Waals surface area (Å²) in [6.45, 7) is 0. The fourth-order valence-corrected chi connectivity index (χ4v) is 4.34. The van der Waals surface area contributed by atoms with Gasteiger partial charge in [-0.1, -0.05) is 60.1 Å². The van der Waals surface area contributed by atoms with Gasteiger partial charge >= 0.3 is 0 Å². The second kappa shape index (κ2) is 5.30. The molecule has 0 aliphatic carbocycles. The Kier molecular flexibility index (Phi) is 3.09. The van der Waals surface area contributed by atoms with E-state index in [0.717, 1.165) is 20.9 Å². The summed E-state index contributed by atoms with van der Waals surface area (Å²) in [5.41, 5.74) is 2.22. The minimum Gasteiger partial charge on any atom is -0.236 e. The number of halogens is 1. The van der Waals surface area contributed by atoms with Gasteiger partial charge in [-0.15, -0.1) is 11.3 Å². The van der Waals surface area contributed by atoms with Gasteiger partial charge in [0.2, 0.25) is 0 Å². The van der Waals surface area contributed by atoms with Crippen LogP contribution < -0.4 is 0 Å². The predicted octanol–water partition coefficient (Wildman–Crippen LogP) is 6.92. The Morgan fingerprint density at radius 1 is 0.750 bits per heavy atom. The molecule has 0 spiro atoms. The second-order valence-corrected chi connectivity index (χ2v) is 7.32. The molecule has 5 rings (SSSR count). The van der Waals surface area contributed by atoms with Crippen LogP contribution in [-0.2, 0) is 0 Å². The first-order valence-electron chi connectivity index (χ1n) is 7.76. The molecule has 0 N–H and O–H groups in total. The first-order valence-corrected chi connectivity index (χ1v) is 8.95. The Bertz CT molecular complexity index is 1210. The van der Waals surface area contributed by atoms with E-state index >= 15 is 0 Å². The van der Waals surface area contributed by atoms with Crippen LogP contribution in [-0.4, -0.2) is 4.98 Å². The SMILES string of the molecule is Clc1ccc2c(ccc3cc4sc(-c5ccccc5)nc4cc32)c1. The molecular formula is C21H12ClNS. The summed E-state index contributed by atoms with van der Waals surface area (Å²) < 4.78 is 1.22. The lowest BCUT2D eigenvalue weighted by Crippen LogP contribution is -1.79. The third-order valence-electron chi connectivity index (χ3n) is 4.33. The molecule has 0 radical (unpaired) electrons. The summed E-state index contributed by atoms with van der Waals surface area (Å²) in [7, 11) is 0. The average Bonchev–Trinajstić information content (AvgIpc) is 3.03. The van der Waals surface area contributed by atoms with Gasteiger partial charge in [-0.2, -0.15) is 0 Å². The van der Waals surface area contributed by atoms with E-state index in [1.807, 2.05) is 18.2 Å². The maximum atomic E-state index is 6.13. The number of fused-ring (bicyclic) bond motifs is 4. The number of hydrogen-bond donors (Lipinski definition) is 0. The van der Waals surface area contributed by atoms with Crippen LogP contribution in [0.5, 0.6) is 0 Å². The van der Waals surface area contributed by atoms with Crippen molar-refractivity contribution < 1.29 is 0 Å². The zero-order valence-electron chi connectivity index (χ0n) is 12.7. The Labute approximate surface area is 148 Å². The largest absolute Gasteiger partial charge is 0.236 e. The van der Waals surface area contributed by atoms with E-state index in [1.54, 1.807) is 11.3 Å². The van der Waals surface area contributed by atoms with Gasteiger partial charge in [0.15, 0.2) is 0 Å². The van der Waals surface area contributed by atoms with Crippen LogP contribution in [0.25, 0.3) is 42.3 Å². The van der Waals surface area contributed by atoms with E-state index in [2.05, 4.69) is 54.6 Å². The van der Waals surface area contributed by atoms with Crippen LogP contribution in [0.15, 0.2) is 72.8 Å². The smallest absolute Gasteiger partial charge is 0.124 e. The van der Waals surface area contributed by atoms with Crippen molar-refractivity contribution in [2.45, 2.75) is 0 Å². The minimum absolute atomic E-state index is 0.767. The third kappa shape index (κ3) is 2.19. The highest BCUT2D eigenvalue weighted by Gasteiger charge is 2.09. The molecule has 0 amide bonds. The highest BCUT2D eigenvalue weighted by molar-refractivity contribution is 7.21. The fourth-order valence-electron chi connectivity index (χ4n) is 3.16. The van der Waals surface area contributed by atoms with Crippen LogP contribution in [0.3, 0.4) is 0 Å². The average molecular weight is 346 g/mol.